The lowest BCUT2D eigenvalue weighted by atomic mass is 10.1. The Morgan fingerprint density at radius 3 is 2.61 bits per heavy atom. The van der Waals surface area contributed by atoms with Crippen molar-refractivity contribution >= 4 is 17.3 Å². The van der Waals surface area contributed by atoms with Gasteiger partial charge < -0.3 is 19.9 Å². The second kappa shape index (κ2) is 8.56. The van der Waals surface area contributed by atoms with Crippen LogP contribution in [0.5, 0.6) is 5.88 Å². The van der Waals surface area contributed by atoms with Crippen LogP contribution in [-0.4, -0.2) is 60.1 Å². The van der Waals surface area contributed by atoms with Crippen molar-refractivity contribution in [3.05, 3.63) is 42.4 Å². The molecule has 2 saturated heterocycles. The molecule has 0 unspecified atom stereocenters. The van der Waals surface area contributed by atoms with Crippen molar-refractivity contribution in [3.8, 4) is 5.88 Å². The molecule has 4 heterocycles. The van der Waals surface area contributed by atoms with Crippen LogP contribution in [0, 0.1) is 0 Å². The van der Waals surface area contributed by atoms with Gasteiger partial charge in [-0.1, -0.05) is 0 Å². The quantitative estimate of drug-likeness (QED) is 0.859. The van der Waals surface area contributed by atoms with E-state index >= 15 is 0 Å². The van der Waals surface area contributed by atoms with E-state index in [0.717, 1.165) is 44.7 Å². The lowest BCUT2D eigenvalue weighted by Gasteiger charge is -2.28. The highest BCUT2D eigenvalue weighted by molar-refractivity contribution is 6.03. The van der Waals surface area contributed by atoms with Crippen LogP contribution in [0.4, 0.5) is 11.4 Å². The summed E-state index contributed by atoms with van der Waals surface area (Å²) in [6.45, 7) is 4.13. The molecule has 2 aromatic rings. The Labute approximate surface area is 165 Å². The van der Waals surface area contributed by atoms with Crippen LogP contribution in [0.2, 0.25) is 0 Å². The summed E-state index contributed by atoms with van der Waals surface area (Å²) in [6.07, 6.45) is 7.90. The number of ether oxygens (including phenoxy) is 1. The number of pyridine rings is 2. The largest absolute Gasteiger partial charge is 0.474 e. The average Bonchev–Trinajstić information content (AvgIpc) is 3.25. The number of aromatic nitrogens is 2. The molecule has 0 saturated carbocycles. The van der Waals surface area contributed by atoms with Crippen molar-refractivity contribution in [1.82, 2.24) is 14.9 Å². The maximum absolute atomic E-state index is 12.7. The fourth-order valence-corrected chi connectivity index (χ4v) is 3.74. The minimum Gasteiger partial charge on any atom is -0.474 e. The number of carbonyl (C=O) groups is 1. The van der Waals surface area contributed by atoms with Crippen LogP contribution >= 0.6 is 0 Å². The number of hydrogen-bond donors (Lipinski definition) is 1. The van der Waals surface area contributed by atoms with Gasteiger partial charge in [-0.3, -0.25) is 9.78 Å². The summed E-state index contributed by atoms with van der Waals surface area (Å²) in [4.78, 5) is 25.8. The zero-order valence-corrected chi connectivity index (χ0v) is 16.3. The number of rotatable bonds is 5. The molecule has 0 spiro atoms. The Kier molecular flexibility index (Phi) is 5.71. The SMILES string of the molecule is CN1CCC(Oc2cc(NC(=O)c3cc(N4CCCC4)ccn3)ccn2)CC1. The lowest BCUT2D eigenvalue weighted by Crippen LogP contribution is -2.35. The van der Waals surface area contributed by atoms with Crippen molar-refractivity contribution in [2.24, 2.45) is 0 Å². The molecule has 2 aromatic heterocycles. The molecule has 1 amide bonds. The first-order valence-electron chi connectivity index (χ1n) is 10.0. The van der Waals surface area contributed by atoms with Crippen molar-refractivity contribution in [2.45, 2.75) is 31.8 Å². The van der Waals surface area contributed by atoms with Gasteiger partial charge in [-0.25, -0.2) is 4.98 Å². The number of amides is 1. The molecule has 0 aromatic carbocycles. The van der Waals surface area contributed by atoms with Crippen molar-refractivity contribution in [2.75, 3.05) is 43.4 Å². The van der Waals surface area contributed by atoms with Gasteiger partial charge in [-0.2, -0.15) is 0 Å². The monoisotopic (exact) mass is 381 g/mol. The van der Waals surface area contributed by atoms with Crippen LogP contribution in [0.1, 0.15) is 36.2 Å². The number of hydrogen-bond acceptors (Lipinski definition) is 6. The predicted molar refractivity (Wildman–Crippen MR) is 109 cm³/mol. The summed E-state index contributed by atoms with van der Waals surface area (Å²) in [5.74, 6) is 0.323. The van der Waals surface area contributed by atoms with Crippen molar-refractivity contribution < 1.29 is 9.53 Å². The summed E-state index contributed by atoms with van der Waals surface area (Å²) >= 11 is 0. The Bertz CT molecular complexity index is 814. The zero-order chi connectivity index (χ0) is 19.3. The molecule has 0 bridgehead atoms. The van der Waals surface area contributed by atoms with E-state index in [0.29, 0.717) is 17.3 Å². The van der Waals surface area contributed by atoms with Crippen LogP contribution in [0.15, 0.2) is 36.7 Å². The Morgan fingerprint density at radius 1 is 1.07 bits per heavy atom. The van der Waals surface area contributed by atoms with Crippen LogP contribution in [-0.2, 0) is 0 Å². The van der Waals surface area contributed by atoms with E-state index in [9.17, 15) is 4.79 Å². The van der Waals surface area contributed by atoms with Gasteiger partial charge in [-0.15, -0.1) is 0 Å². The number of nitrogens with zero attached hydrogens (tertiary/aromatic N) is 4. The molecule has 0 atom stereocenters. The van der Waals surface area contributed by atoms with Crippen molar-refractivity contribution in [3.63, 3.8) is 0 Å². The van der Waals surface area contributed by atoms with E-state index in [4.69, 9.17) is 4.74 Å². The third-order valence-corrected chi connectivity index (χ3v) is 5.39. The number of carbonyl (C=O) groups excluding carboxylic acids is 1. The standard InChI is InChI=1S/C21H27N5O2/c1-25-12-6-18(7-13-25)28-20-14-16(4-8-23-20)24-21(27)19-15-17(5-9-22-19)26-10-2-3-11-26/h4-5,8-9,14-15,18H,2-3,6-7,10-13H2,1H3,(H,23,24,27). The van der Waals surface area contributed by atoms with Gasteiger partial charge in [0.05, 0.1) is 0 Å². The lowest BCUT2D eigenvalue weighted by molar-refractivity contribution is 0.102. The van der Waals surface area contributed by atoms with Gasteiger partial charge >= 0.3 is 0 Å². The van der Waals surface area contributed by atoms with Crippen LogP contribution in [0.25, 0.3) is 0 Å². The molecule has 0 aliphatic carbocycles. The molecule has 28 heavy (non-hydrogen) atoms. The summed E-state index contributed by atoms with van der Waals surface area (Å²) in [7, 11) is 2.12. The van der Waals surface area contributed by atoms with Crippen molar-refractivity contribution in [1.29, 1.82) is 0 Å². The molecular weight excluding hydrogens is 354 g/mol. The molecule has 0 radical (unpaired) electrons. The first-order valence-corrected chi connectivity index (χ1v) is 10.0. The molecule has 7 heteroatoms. The summed E-state index contributed by atoms with van der Waals surface area (Å²) in [5.41, 5.74) is 2.13. The molecular formula is C21H27N5O2. The molecule has 148 valence electrons. The third kappa shape index (κ3) is 4.59. The van der Waals surface area contributed by atoms with Gasteiger partial charge in [0.25, 0.3) is 5.91 Å². The number of likely N-dealkylation sites (tertiary alicyclic amines) is 1. The first-order chi connectivity index (χ1) is 13.7. The highest BCUT2D eigenvalue weighted by Crippen LogP contribution is 2.22. The Hall–Kier alpha value is -2.67. The number of piperidine rings is 1. The Balaban J connectivity index is 1.40. The van der Waals surface area contributed by atoms with Crippen LogP contribution < -0.4 is 15.0 Å². The van der Waals surface area contributed by atoms with E-state index in [-0.39, 0.29) is 12.0 Å². The minimum absolute atomic E-state index is 0.175. The maximum atomic E-state index is 12.7. The highest BCUT2D eigenvalue weighted by Gasteiger charge is 2.19. The zero-order valence-electron chi connectivity index (χ0n) is 16.3. The minimum atomic E-state index is -0.225. The normalized spacial score (nSPS) is 18.2. The fourth-order valence-electron chi connectivity index (χ4n) is 3.74. The number of anilines is 2. The molecule has 4 rings (SSSR count). The first kappa shape index (κ1) is 18.7. The topological polar surface area (TPSA) is 70.6 Å². The third-order valence-electron chi connectivity index (χ3n) is 5.39. The predicted octanol–water partition coefficient (Wildman–Crippen LogP) is 2.80. The van der Waals surface area contributed by atoms with Gasteiger partial charge in [0.15, 0.2) is 0 Å². The smallest absolute Gasteiger partial charge is 0.274 e. The van der Waals surface area contributed by atoms with E-state index in [1.807, 2.05) is 12.1 Å². The summed E-state index contributed by atoms with van der Waals surface area (Å²) in [5, 5.41) is 2.91. The van der Waals surface area contributed by atoms with Gasteiger partial charge in [-0.05, 0) is 50.9 Å². The van der Waals surface area contributed by atoms with E-state index in [1.54, 1.807) is 24.5 Å². The fraction of sp³-hybridized carbons (Fsp3) is 0.476. The van der Waals surface area contributed by atoms with E-state index in [1.165, 1.54) is 12.8 Å². The molecule has 2 aliphatic rings. The summed E-state index contributed by atoms with van der Waals surface area (Å²) < 4.78 is 6.01. The number of nitrogens with one attached hydrogen (secondary N) is 1. The molecule has 2 fully saturated rings. The summed E-state index contributed by atoms with van der Waals surface area (Å²) in [6, 6.07) is 7.37. The van der Waals surface area contributed by atoms with E-state index < -0.39 is 0 Å². The van der Waals surface area contributed by atoms with Crippen LogP contribution in [0.3, 0.4) is 0 Å². The molecule has 1 N–H and O–H groups in total. The Morgan fingerprint density at radius 2 is 1.82 bits per heavy atom. The highest BCUT2D eigenvalue weighted by atomic mass is 16.5. The average molecular weight is 381 g/mol. The molecule has 7 nitrogen and oxygen atoms in total. The second-order valence-corrected chi connectivity index (χ2v) is 7.55. The van der Waals surface area contributed by atoms with Gasteiger partial charge in [0.2, 0.25) is 5.88 Å². The van der Waals surface area contributed by atoms with E-state index in [2.05, 4.69) is 32.1 Å². The van der Waals surface area contributed by atoms with Gasteiger partial charge in [0.1, 0.15) is 11.8 Å². The molecule has 2 aliphatic heterocycles. The second-order valence-electron chi connectivity index (χ2n) is 7.55. The maximum Gasteiger partial charge on any atom is 0.274 e. The van der Waals surface area contributed by atoms with Gasteiger partial charge in [0, 0.05) is 56.0 Å².